The largest absolute Gasteiger partial charge is 0.494 e. The number of carbonyl (C=O) groups is 1. The predicted molar refractivity (Wildman–Crippen MR) is 103 cm³/mol. The summed E-state index contributed by atoms with van der Waals surface area (Å²) in [4.78, 5) is 11.5. The molecule has 2 rings (SSSR count). The van der Waals surface area contributed by atoms with Crippen molar-refractivity contribution in [1.82, 2.24) is 0 Å². The molecule has 1 aliphatic rings. The van der Waals surface area contributed by atoms with Gasteiger partial charge in [-0.1, -0.05) is 31.9 Å². The van der Waals surface area contributed by atoms with Gasteiger partial charge in [0.25, 0.3) is 12.4 Å². The van der Waals surface area contributed by atoms with Crippen LogP contribution in [0, 0.1) is 5.92 Å². The van der Waals surface area contributed by atoms with E-state index < -0.39 is 5.97 Å². The third-order valence-corrected chi connectivity index (χ3v) is 4.77. The van der Waals surface area contributed by atoms with Crippen LogP contribution in [0.15, 0.2) is 24.3 Å². The summed E-state index contributed by atoms with van der Waals surface area (Å²) in [6.07, 6.45) is 6.89. The third-order valence-electron chi connectivity index (χ3n) is 4.54. The molecule has 0 amide bonds. The summed E-state index contributed by atoms with van der Waals surface area (Å²) in [5, 5.41) is 0. The molecule has 0 radical (unpaired) electrons. The number of benzene rings is 1. The summed E-state index contributed by atoms with van der Waals surface area (Å²) >= 11 is -0.352. The molecule has 1 saturated carbocycles. The second kappa shape index (κ2) is 18.8. The first-order valence-corrected chi connectivity index (χ1v) is 9.10. The molecule has 1 aromatic carbocycles. The van der Waals surface area contributed by atoms with Crippen LogP contribution in [-0.4, -0.2) is 12.6 Å². The Kier molecular flexibility index (Phi) is 22.8. The molecule has 28 heavy (non-hydrogen) atoms. The third kappa shape index (κ3) is 10.7. The predicted octanol–water partition coefficient (Wildman–Crippen LogP) is 6.37. The molecular weight excluding hydrogens is 410 g/mol. The maximum absolute atomic E-state index is 12.0. The van der Waals surface area contributed by atoms with E-state index in [2.05, 4.69) is 23.2 Å². The fourth-order valence-corrected chi connectivity index (χ4v) is 3.34. The van der Waals surface area contributed by atoms with Crippen LogP contribution < -0.4 is 4.74 Å². The Morgan fingerprint density at radius 2 is 1.57 bits per heavy atom. The maximum atomic E-state index is 12.0. The van der Waals surface area contributed by atoms with Crippen LogP contribution >= 0.6 is 12.4 Å². The highest BCUT2D eigenvalue weighted by molar-refractivity contribution is 7.89. The Bertz CT molecular complexity index is 485. The minimum atomic E-state index is -0.424. The first kappa shape index (κ1) is 34.0. The molecule has 1 fully saturated rings. The maximum Gasteiger partial charge on any atom is 0.323 e. The second-order valence-electron chi connectivity index (χ2n) is 6.14. The van der Waals surface area contributed by atoms with E-state index in [1.54, 1.807) is 0 Å². The van der Waals surface area contributed by atoms with E-state index in [0.29, 0.717) is 5.92 Å². The number of hydrogen-bond acceptors (Lipinski definition) is 4. The Hall–Kier alpha value is -1.58. The highest BCUT2D eigenvalue weighted by Gasteiger charge is 2.28. The molecule has 0 aliphatic heterocycles. The molecule has 0 spiro atoms. The van der Waals surface area contributed by atoms with Gasteiger partial charge in [-0.15, -0.1) is 3.89 Å². The Balaban J connectivity index is -0.000000576. The standard InChI is InChI=1S/C18H25FO3S.5FH/c1-2-3-4-13-21-17-11-9-15(10-12-17)14-5-7-16(8-6-14)18(20)22-23-19;;;;;/h9-12,14,16H,2-8,13H2,1H3;5*1H. The first-order chi connectivity index (χ1) is 11.2. The SMILES string of the molecule is CCCCCOc1ccc(C2CCC(C(=O)OSF)CC2)cc1.F.F.F.F.F. The lowest BCUT2D eigenvalue weighted by molar-refractivity contribution is -0.138. The number of unbranched alkanes of at least 4 members (excludes halogenated alkanes) is 2. The molecule has 1 aliphatic carbocycles. The zero-order valence-electron chi connectivity index (χ0n) is 15.7. The van der Waals surface area contributed by atoms with Gasteiger partial charge in [0.15, 0.2) is 0 Å². The van der Waals surface area contributed by atoms with Crippen LogP contribution in [0.2, 0.25) is 0 Å². The van der Waals surface area contributed by atoms with Crippen molar-refractivity contribution < 1.29 is 41.1 Å². The molecule has 0 heterocycles. The number of carbonyl (C=O) groups excluding carboxylic acids is 1. The van der Waals surface area contributed by atoms with Gasteiger partial charge in [0.05, 0.1) is 12.5 Å². The Labute approximate surface area is 166 Å². The van der Waals surface area contributed by atoms with Crippen LogP contribution in [-0.2, 0) is 8.98 Å². The van der Waals surface area contributed by atoms with Gasteiger partial charge < -0.3 is 8.92 Å². The van der Waals surface area contributed by atoms with E-state index in [0.717, 1.165) is 44.5 Å². The Morgan fingerprint density at radius 1 is 1.00 bits per heavy atom. The summed E-state index contributed by atoms with van der Waals surface area (Å²) in [5.74, 6) is 0.802. The number of halogens is 6. The van der Waals surface area contributed by atoms with Gasteiger partial charge in [0, 0.05) is 0 Å². The van der Waals surface area contributed by atoms with Gasteiger partial charge in [-0.05, 0) is 55.7 Å². The van der Waals surface area contributed by atoms with Crippen molar-refractivity contribution in [3.05, 3.63) is 29.8 Å². The topological polar surface area (TPSA) is 35.5 Å². The summed E-state index contributed by atoms with van der Waals surface area (Å²) in [7, 11) is 0. The minimum Gasteiger partial charge on any atom is -0.494 e. The van der Waals surface area contributed by atoms with Gasteiger partial charge in [-0.3, -0.25) is 28.3 Å². The van der Waals surface area contributed by atoms with Crippen molar-refractivity contribution in [2.75, 3.05) is 6.61 Å². The lowest BCUT2D eigenvalue weighted by Gasteiger charge is -2.27. The molecule has 0 atom stereocenters. The van der Waals surface area contributed by atoms with Crippen molar-refractivity contribution in [2.45, 2.75) is 57.8 Å². The quantitative estimate of drug-likeness (QED) is 0.267. The summed E-state index contributed by atoms with van der Waals surface area (Å²) in [6.45, 7) is 2.95. The minimum absolute atomic E-state index is 0. The van der Waals surface area contributed by atoms with Crippen LogP contribution in [0.1, 0.15) is 63.4 Å². The fourth-order valence-electron chi connectivity index (χ4n) is 3.14. The molecule has 0 saturated heterocycles. The zero-order chi connectivity index (χ0) is 16.5. The monoisotopic (exact) mass is 440 g/mol. The zero-order valence-corrected chi connectivity index (χ0v) is 16.5. The lowest BCUT2D eigenvalue weighted by Crippen LogP contribution is -2.21. The average Bonchev–Trinajstić information content (AvgIpc) is 2.60. The van der Waals surface area contributed by atoms with E-state index >= 15 is 0 Å². The fraction of sp³-hybridized carbons (Fsp3) is 0.611. The van der Waals surface area contributed by atoms with Gasteiger partial charge in [0.1, 0.15) is 5.75 Å². The van der Waals surface area contributed by atoms with E-state index in [9.17, 15) is 8.68 Å². The highest BCUT2D eigenvalue weighted by Crippen LogP contribution is 2.37. The first-order valence-electron chi connectivity index (χ1n) is 8.46. The van der Waals surface area contributed by atoms with Crippen LogP contribution in [0.3, 0.4) is 0 Å². The molecule has 0 bridgehead atoms. The smallest absolute Gasteiger partial charge is 0.323 e. The number of ether oxygens (including phenoxy) is 1. The van der Waals surface area contributed by atoms with Crippen molar-refractivity contribution >= 4 is 18.4 Å². The molecule has 3 nitrogen and oxygen atoms in total. The molecule has 1 aromatic rings. The molecule has 0 aromatic heterocycles. The molecule has 10 heteroatoms. The number of hydrogen-bond donors (Lipinski definition) is 0. The number of rotatable bonds is 8. The van der Waals surface area contributed by atoms with E-state index in [1.807, 2.05) is 12.1 Å². The lowest BCUT2D eigenvalue weighted by atomic mass is 9.79. The van der Waals surface area contributed by atoms with Crippen molar-refractivity contribution in [2.24, 2.45) is 5.92 Å². The van der Waals surface area contributed by atoms with Crippen LogP contribution in [0.5, 0.6) is 5.75 Å². The van der Waals surface area contributed by atoms with Gasteiger partial charge in [0.2, 0.25) is 0 Å². The average molecular weight is 440 g/mol. The second-order valence-corrected chi connectivity index (χ2v) is 6.43. The molecule has 0 N–H and O–H groups in total. The van der Waals surface area contributed by atoms with E-state index in [4.69, 9.17) is 4.74 Å². The van der Waals surface area contributed by atoms with Crippen molar-refractivity contribution in [1.29, 1.82) is 0 Å². The molecular formula is C18H30F6O3S. The summed E-state index contributed by atoms with van der Waals surface area (Å²) in [5.41, 5.74) is 1.29. The van der Waals surface area contributed by atoms with Crippen LogP contribution in [0.25, 0.3) is 0 Å². The summed E-state index contributed by atoms with van der Waals surface area (Å²) < 4.78 is 22.1. The van der Waals surface area contributed by atoms with Crippen molar-refractivity contribution in [3.63, 3.8) is 0 Å². The molecule has 0 unspecified atom stereocenters. The van der Waals surface area contributed by atoms with Crippen molar-refractivity contribution in [3.8, 4) is 5.75 Å². The van der Waals surface area contributed by atoms with Gasteiger partial charge in [-0.2, -0.15) is 0 Å². The normalized spacial score (nSPS) is 17.2. The van der Waals surface area contributed by atoms with Gasteiger partial charge in [-0.25, -0.2) is 0 Å². The Morgan fingerprint density at radius 3 is 2.07 bits per heavy atom. The summed E-state index contributed by atoms with van der Waals surface area (Å²) in [6, 6.07) is 8.30. The van der Waals surface area contributed by atoms with E-state index in [-0.39, 0.29) is 41.9 Å². The van der Waals surface area contributed by atoms with Gasteiger partial charge >= 0.3 is 5.97 Å². The van der Waals surface area contributed by atoms with E-state index in [1.165, 1.54) is 18.4 Å². The molecule has 168 valence electrons. The van der Waals surface area contributed by atoms with Crippen LogP contribution in [0.4, 0.5) is 27.4 Å². The highest BCUT2D eigenvalue weighted by atomic mass is 32.2.